The van der Waals surface area contributed by atoms with Crippen LogP contribution in [0.25, 0.3) is 0 Å². The molecule has 0 aliphatic heterocycles. The van der Waals surface area contributed by atoms with E-state index in [-0.39, 0.29) is 5.91 Å². The molecule has 2 heteroatoms. The highest BCUT2D eigenvalue weighted by atomic mass is 16.1. The predicted molar refractivity (Wildman–Crippen MR) is 71.0 cm³/mol. The number of carbonyl (C=O) groups excluding carboxylic acids is 1. The molecule has 0 aromatic heterocycles. The fourth-order valence-electron chi connectivity index (χ4n) is 2.15. The molecule has 0 heterocycles. The van der Waals surface area contributed by atoms with Gasteiger partial charge in [-0.05, 0) is 44.7 Å². The Labute approximate surface area is 103 Å². The number of hydrogen-bond donors (Lipinski definition) is 1. The van der Waals surface area contributed by atoms with Gasteiger partial charge in [0.25, 0.3) is 0 Å². The summed E-state index contributed by atoms with van der Waals surface area (Å²) in [6.07, 6.45) is 7.70. The lowest BCUT2D eigenvalue weighted by molar-refractivity contribution is -0.112. The molecule has 1 aliphatic carbocycles. The van der Waals surface area contributed by atoms with Crippen molar-refractivity contribution in [3.63, 3.8) is 0 Å². The van der Waals surface area contributed by atoms with Crippen LogP contribution < -0.4 is 5.32 Å². The third-order valence-corrected chi connectivity index (χ3v) is 3.15. The number of anilines is 1. The first-order valence-electron chi connectivity index (χ1n) is 6.31. The SMILES string of the molecule is Cc1ccc(NC(=O)C=C2CCCCC2)cc1. The summed E-state index contributed by atoms with van der Waals surface area (Å²) in [4.78, 5) is 11.8. The number of nitrogens with one attached hydrogen (secondary N) is 1. The Balaban J connectivity index is 1.94. The van der Waals surface area contributed by atoms with Gasteiger partial charge in [0.2, 0.25) is 5.91 Å². The van der Waals surface area contributed by atoms with Crippen LogP contribution in [0.1, 0.15) is 37.7 Å². The minimum Gasteiger partial charge on any atom is -0.323 e. The number of amides is 1. The summed E-state index contributed by atoms with van der Waals surface area (Å²) in [6.45, 7) is 2.04. The molecular formula is C15H19NO. The van der Waals surface area contributed by atoms with Gasteiger partial charge in [0, 0.05) is 11.8 Å². The minimum atomic E-state index is 0.00533. The van der Waals surface area contributed by atoms with Gasteiger partial charge < -0.3 is 5.32 Å². The third kappa shape index (κ3) is 3.74. The van der Waals surface area contributed by atoms with Gasteiger partial charge in [-0.15, -0.1) is 0 Å². The fourth-order valence-corrected chi connectivity index (χ4v) is 2.15. The summed E-state index contributed by atoms with van der Waals surface area (Å²) in [5.41, 5.74) is 3.36. The van der Waals surface area contributed by atoms with Gasteiger partial charge in [0.1, 0.15) is 0 Å². The summed E-state index contributed by atoms with van der Waals surface area (Å²) in [7, 11) is 0. The zero-order valence-electron chi connectivity index (χ0n) is 10.3. The van der Waals surface area contributed by atoms with Crippen LogP contribution in [0.5, 0.6) is 0 Å². The molecule has 0 saturated heterocycles. The molecule has 90 valence electrons. The Morgan fingerprint density at radius 3 is 2.41 bits per heavy atom. The topological polar surface area (TPSA) is 29.1 Å². The molecule has 1 aromatic carbocycles. The first-order chi connectivity index (χ1) is 8.24. The van der Waals surface area contributed by atoms with E-state index in [9.17, 15) is 4.79 Å². The van der Waals surface area contributed by atoms with E-state index in [0.717, 1.165) is 18.5 Å². The van der Waals surface area contributed by atoms with Gasteiger partial charge >= 0.3 is 0 Å². The number of aryl methyl sites for hydroxylation is 1. The molecule has 1 N–H and O–H groups in total. The van der Waals surface area contributed by atoms with Gasteiger partial charge in [0.15, 0.2) is 0 Å². The van der Waals surface area contributed by atoms with Crippen LogP contribution in [0.3, 0.4) is 0 Å². The van der Waals surface area contributed by atoms with E-state index in [1.807, 2.05) is 31.2 Å². The molecule has 1 aliphatic rings. The number of allylic oxidation sites excluding steroid dienone is 1. The molecule has 1 amide bonds. The first-order valence-corrected chi connectivity index (χ1v) is 6.31. The van der Waals surface area contributed by atoms with Crippen molar-refractivity contribution in [1.82, 2.24) is 0 Å². The number of benzene rings is 1. The lowest BCUT2D eigenvalue weighted by atomic mass is 9.94. The number of carbonyl (C=O) groups is 1. The van der Waals surface area contributed by atoms with Crippen molar-refractivity contribution in [2.75, 3.05) is 5.32 Å². The summed E-state index contributed by atoms with van der Waals surface area (Å²) in [6, 6.07) is 7.88. The summed E-state index contributed by atoms with van der Waals surface area (Å²) >= 11 is 0. The van der Waals surface area contributed by atoms with E-state index in [4.69, 9.17) is 0 Å². The largest absolute Gasteiger partial charge is 0.323 e. The molecule has 0 bridgehead atoms. The van der Waals surface area contributed by atoms with E-state index in [2.05, 4.69) is 5.32 Å². The number of hydrogen-bond acceptors (Lipinski definition) is 1. The lowest BCUT2D eigenvalue weighted by Gasteiger charge is -2.13. The molecular weight excluding hydrogens is 210 g/mol. The highest BCUT2D eigenvalue weighted by molar-refractivity contribution is 5.99. The molecule has 0 unspecified atom stereocenters. The third-order valence-electron chi connectivity index (χ3n) is 3.15. The van der Waals surface area contributed by atoms with Crippen LogP contribution in [-0.4, -0.2) is 5.91 Å². The van der Waals surface area contributed by atoms with Gasteiger partial charge in [0.05, 0.1) is 0 Å². The number of rotatable bonds is 2. The molecule has 0 spiro atoms. The molecule has 2 rings (SSSR count). The molecule has 17 heavy (non-hydrogen) atoms. The van der Waals surface area contributed by atoms with E-state index in [1.165, 1.54) is 30.4 Å². The molecule has 1 fully saturated rings. The zero-order valence-corrected chi connectivity index (χ0v) is 10.3. The highest BCUT2D eigenvalue weighted by Gasteiger charge is 2.07. The Kier molecular flexibility index (Phi) is 3.97. The normalized spacial score (nSPS) is 15.5. The van der Waals surface area contributed by atoms with E-state index in [0.29, 0.717) is 0 Å². The van der Waals surface area contributed by atoms with Crippen molar-refractivity contribution in [3.05, 3.63) is 41.5 Å². The van der Waals surface area contributed by atoms with Crippen LogP contribution in [0.4, 0.5) is 5.69 Å². The predicted octanol–water partition coefficient (Wildman–Crippen LogP) is 3.82. The average molecular weight is 229 g/mol. The van der Waals surface area contributed by atoms with Gasteiger partial charge in [-0.3, -0.25) is 4.79 Å². The quantitative estimate of drug-likeness (QED) is 0.767. The van der Waals surface area contributed by atoms with Crippen LogP contribution in [0.2, 0.25) is 0 Å². The Morgan fingerprint density at radius 1 is 1.12 bits per heavy atom. The van der Waals surface area contributed by atoms with Crippen molar-refractivity contribution in [3.8, 4) is 0 Å². The lowest BCUT2D eigenvalue weighted by Crippen LogP contribution is -2.09. The summed E-state index contributed by atoms with van der Waals surface area (Å²) in [5, 5.41) is 2.90. The molecule has 0 radical (unpaired) electrons. The van der Waals surface area contributed by atoms with Crippen molar-refractivity contribution >= 4 is 11.6 Å². The Hall–Kier alpha value is -1.57. The zero-order chi connectivity index (χ0) is 12.1. The van der Waals surface area contributed by atoms with Crippen LogP contribution >= 0.6 is 0 Å². The Bertz CT molecular complexity index is 409. The standard InChI is InChI=1S/C15H19NO/c1-12-7-9-14(10-8-12)16-15(17)11-13-5-3-2-4-6-13/h7-11H,2-6H2,1H3,(H,16,17). The summed E-state index contributed by atoms with van der Waals surface area (Å²) in [5.74, 6) is 0.00533. The summed E-state index contributed by atoms with van der Waals surface area (Å²) < 4.78 is 0. The minimum absolute atomic E-state index is 0.00533. The molecule has 1 saturated carbocycles. The van der Waals surface area contributed by atoms with E-state index < -0.39 is 0 Å². The second-order valence-electron chi connectivity index (χ2n) is 4.72. The van der Waals surface area contributed by atoms with Crippen LogP contribution in [0.15, 0.2) is 35.9 Å². The van der Waals surface area contributed by atoms with Crippen LogP contribution in [-0.2, 0) is 4.79 Å². The molecule has 0 atom stereocenters. The fraction of sp³-hybridized carbons (Fsp3) is 0.400. The first kappa shape index (κ1) is 11.9. The van der Waals surface area contributed by atoms with Crippen molar-refractivity contribution in [2.45, 2.75) is 39.0 Å². The molecule has 1 aromatic rings. The smallest absolute Gasteiger partial charge is 0.248 e. The Morgan fingerprint density at radius 2 is 1.76 bits per heavy atom. The van der Waals surface area contributed by atoms with Crippen molar-refractivity contribution in [1.29, 1.82) is 0 Å². The van der Waals surface area contributed by atoms with Crippen LogP contribution in [0, 0.1) is 6.92 Å². The van der Waals surface area contributed by atoms with Gasteiger partial charge in [-0.2, -0.15) is 0 Å². The average Bonchev–Trinajstić information content (AvgIpc) is 2.33. The van der Waals surface area contributed by atoms with Crippen molar-refractivity contribution < 1.29 is 4.79 Å². The van der Waals surface area contributed by atoms with Gasteiger partial charge in [-0.1, -0.05) is 29.7 Å². The van der Waals surface area contributed by atoms with E-state index in [1.54, 1.807) is 6.08 Å². The highest BCUT2D eigenvalue weighted by Crippen LogP contribution is 2.22. The maximum absolute atomic E-state index is 11.8. The maximum Gasteiger partial charge on any atom is 0.248 e. The second kappa shape index (κ2) is 5.67. The van der Waals surface area contributed by atoms with Crippen molar-refractivity contribution in [2.24, 2.45) is 0 Å². The van der Waals surface area contributed by atoms with E-state index >= 15 is 0 Å². The molecule has 2 nitrogen and oxygen atoms in total. The second-order valence-corrected chi connectivity index (χ2v) is 4.72. The maximum atomic E-state index is 11.8. The van der Waals surface area contributed by atoms with Gasteiger partial charge in [-0.25, -0.2) is 0 Å². The monoisotopic (exact) mass is 229 g/mol.